The Morgan fingerprint density at radius 2 is 1.64 bits per heavy atom. The van der Waals surface area contributed by atoms with E-state index in [1.165, 1.54) is 0 Å². The van der Waals surface area contributed by atoms with Gasteiger partial charge in [-0.3, -0.25) is 14.5 Å². The molecule has 2 aliphatic rings. The molecule has 6 rings (SSSR count). The summed E-state index contributed by atoms with van der Waals surface area (Å²) in [6, 6.07) is 33.2. The Morgan fingerprint density at radius 1 is 0.956 bits per heavy atom. The summed E-state index contributed by atoms with van der Waals surface area (Å²) in [6.07, 6.45) is 0.892. The molecule has 232 valence electrons. The molecule has 45 heavy (non-hydrogen) atoms. The van der Waals surface area contributed by atoms with Crippen LogP contribution in [0.1, 0.15) is 43.9 Å². The third-order valence-electron chi connectivity index (χ3n) is 9.83. The summed E-state index contributed by atoms with van der Waals surface area (Å²) in [5.41, 5.74) is 3.60. The third kappa shape index (κ3) is 5.10. The number of nitrogens with zero attached hydrogens (tertiary/aromatic N) is 2. The maximum absolute atomic E-state index is 14.8. The minimum atomic E-state index is -1.19. The first-order valence-corrected chi connectivity index (χ1v) is 15.5. The van der Waals surface area contributed by atoms with Crippen molar-refractivity contribution < 1.29 is 24.2 Å². The molecule has 1 saturated heterocycles. The van der Waals surface area contributed by atoms with E-state index in [1.54, 1.807) is 12.0 Å². The van der Waals surface area contributed by atoms with Crippen LogP contribution in [0.4, 0.5) is 17.1 Å². The normalized spacial score (nSPS) is 22.5. The number of carbonyl (C=O) groups excluding carboxylic acids is 2. The first-order chi connectivity index (χ1) is 21.8. The first-order valence-electron chi connectivity index (χ1n) is 15.5. The third-order valence-corrected chi connectivity index (χ3v) is 9.83. The summed E-state index contributed by atoms with van der Waals surface area (Å²) >= 11 is 0. The summed E-state index contributed by atoms with van der Waals surface area (Å²) < 4.78 is 12.3. The van der Waals surface area contributed by atoms with E-state index in [1.807, 2.05) is 95.9 Å². The molecular formula is C38H40N2O5. The van der Waals surface area contributed by atoms with Gasteiger partial charge in [0.15, 0.2) is 5.60 Å². The number of carbonyl (C=O) groups is 2. The lowest BCUT2D eigenvalue weighted by atomic mass is 9.63. The highest BCUT2D eigenvalue weighted by molar-refractivity contribution is 6.07. The summed E-state index contributed by atoms with van der Waals surface area (Å²) in [5, 5.41) is 10.1. The Labute approximate surface area is 265 Å². The number of ether oxygens (including phenoxy) is 2. The number of fused-ring (bicyclic) bond motifs is 2. The predicted octanol–water partition coefficient (Wildman–Crippen LogP) is 6.74. The van der Waals surface area contributed by atoms with Gasteiger partial charge in [0, 0.05) is 35.4 Å². The van der Waals surface area contributed by atoms with E-state index < -0.39 is 5.60 Å². The van der Waals surface area contributed by atoms with E-state index in [0.29, 0.717) is 13.0 Å². The van der Waals surface area contributed by atoms with E-state index in [0.717, 1.165) is 45.9 Å². The SMILES string of the molecule is COc1ccc(C(C)(C)[C@H]2[C@H](CCO)O[C@@]3(C(=O)N(Cc4cccc(N(C=O)c5ccccc5)c4)c4ccccc43)[C@@H]2C)cc1. The van der Waals surface area contributed by atoms with Gasteiger partial charge in [0.2, 0.25) is 6.41 Å². The summed E-state index contributed by atoms with van der Waals surface area (Å²) in [6.45, 7) is 6.80. The van der Waals surface area contributed by atoms with Crippen molar-refractivity contribution in [2.45, 2.75) is 50.9 Å². The Hall–Kier alpha value is -4.46. The topological polar surface area (TPSA) is 79.3 Å². The van der Waals surface area contributed by atoms with Crippen molar-refractivity contribution in [2.75, 3.05) is 23.5 Å². The number of methoxy groups -OCH3 is 1. The molecule has 7 nitrogen and oxygen atoms in total. The highest BCUT2D eigenvalue weighted by Crippen LogP contribution is 2.59. The van der Waals surface area contributed by atoms with Gasteiger partial charge in [-0.1, -0.05) is 81.4 Å². The second-order valence-electron chi connectivity index (χ2n) is 12.6. The van der Waals surface area contributed by atoms with Crippen molar-refractivity contribution in [2.24, 2.45) is 11.8 Å². The molecular weight excluding hydrogens is 564 g/mol. The summed E-state index contributed by atoms with van der Waals surface area (Å²) in [7, 11) is 1.65. The molecule has 0 aliphatic carbocycles. The molecule has 7 heteroatoms. The largest absolute Gasteiger partial charge is 0.497 e. The van der Waals surface area contributed by atoms with Gasteiger partial charge in [-0.25, -0.2) is 0 Å². The van der Waals surface area contributed by atoms with Crippen LogP contribution in [0.25, 0.3) is 0 Å². The molecule has 1 N–H and O–H groups in total. The second kappa shape index (κ2) is 12.1. The van der Waals surface area contributed by atoms with Gasteiger partial charge in [0.25, 0.3) is 5.91 Å². The van der Waals surface area contributed by atoms with Crippen LogP contribution < -0.4 is 14.5 Å². The Balaban J connectivity index is 1.37. The first kappa shape index (κ1) is 30.6. The molecule has 4 atom stereocenters. The van der Waals surface area contributed by atoms with Gasteiger partial charge in [0.05, 0.1) is 25.4 Å². The van der Waals surface area contributed by atoms with Gasteiger partial charge in [-0.05, 0) is 65.4 Å². The quantitative estimate of drug-likeness (QED) is 0.203. The van der Waals surface area contributed by atoms with Crippen molar-refractivity contribution >= 4 is 29.4 Å². The lowest BCUT2D eigenvalue weighted by Crippen LogP contribution is -2.45. The molecule has 2 amide bonds. The number of anilines is 3. The predicted molar refractivity (Wildman–Crippen MR) is 176 cm³/mol. The van der Waals surface area contributed by atoms with Gasteiger partial charge in [-0.2, -0.15) is 0 Å². The molecule has 1 spiro atoms. The van der Waals surface area contributed by atoms with E-state index >= 15 is 0 Å². The molecule has 0 bridgehead atoms. The maximum Gasteiger partial charge on any atom is 0.264 e. The van der Waals surface area contributed by atoms with Crippen LogP contribution in [-0.4, -0.2) is 37.2 Å². The maximum atomic E-state index is 14.8. The average molecular weight is 605 g/mol. The average Bonchev–Trinajstić information content (AvgIpc) is 3.49. The second-order valence-corrected chi connectivity index (χ2v) is 12.6. The number of amides is 2. The molecule has 0 unspecified atom stereocenters. The molecule has 2 heterocycles. The number of aliphatic hydroxyl groups is 1. The number of para-hydroxylation sites is 2. The van der Waals surface area contributed by atoms with Crippen molar-refractivity contribution in [3.05, 3.63) is 120 Å². The van der Waals surface area contributed by atoms with Crippen LogP contribution in [0, 0.1) is 11.8 Å². The van der Waals surface area contributed by atoms with Gasteiger partial charge >= 0.3 is 0 Å². The zero-order chi connectivity index (χ0) is 31.8. The number of benzene rings is 4. The fourth-order valence-corrected chi connectivity index (χ4v) is 7.67. The Bertz CT molecular complexity index is 1670. The fraction of sp³-hybridized carbons (Fsp3) is 0.316. The fourth-order valence-electron chi connectivity index (χ4n) is 7.67. The van der Waals surface area contributed by atoms with Crippen LogP contribution in [0.3, 0.4) is 0 Å². The molecule has 4 aromatic carbocycles. The minimum Gasteiger partial charge on any atom is -0.497 e. The highest BCUT2D eigenvalue weighted by Gasteiger charge is 2.65. The van der Waals surface area contributed by atoms with Crippen molar-refractivity contribution in [3.8, 4) is 5.75 Å². The van der Waals surface area contributed by atoms with Crippen LogP contribution in [0.5, 0.6) is 5.75 Å². The van der Waals surface area contributed by atoms with Crippen LogP contribution in [0.2, 0.25) is 0 Å². The number of hydrogen-bond donors (Lipinski definition) is 1. The summed E-state index contributed by atoms with van der Waals surface area (Å²) in [4.78, 5) is 30.3. The number of hydrogen-bond acceptors (Lipinski definition) is 5. The lowest BCUT2D eigenvalue weighted by Gasteiger charge is -2.38. The van der Waals surface area contributed by atoms with Gasteiger partial charge in [0.1, 0.15) is 5.75 Å². The van der Waals surface area contributed by atoms with E-state index in [-0.39, 0.29) is 35.9 Å². The number of aliphatic hydroxyl groups excluding tert-OH is 1. The van der Waals surface area contributed by atoms with Crippen molar-refractivity contribution in [1.82, 2.24) is 0 Å². The van der Waals surface area contributed by atoms with Gasteiger partial charge < -0.3 is 19.5 Å². The molecule has 2 aliphatic heterocycles. The zero-order valence-electron chi connectivity index (χ0n) is 26.2. The van der Waals surface area contributed by atoms with E-state index in [4.69, 9.17) is 9.47 Å². The summed E-state index contributed by atoms with van der Waals surface area (Å²) in [5.74, 6) is 0.422. The van der Waals surface area contributed by atoms with E-state index in [9.17, 15) is 14.7 Å². The molecule has 0 saturated carbocycles. The minimum absolute atomic E-state index is 0.0380. The van der Waals surface area contributed by atoms with E-state index in [2.05, 4.69) is 32.9 Å². The Morgan fingerprint density at radius 3 is 2.33 bits per heavy atom. The lowest BCUT2D eigenvalue weighted by molar-refractivity contribution is -0.146. The van der Waals surface area contributed by atoms with Crippen LogP contribution >= 0.6 is 0 Å². The van der Waals surface area contributed by atoms with Crippen molar-refractivity contribution in [3.63, 3.8) is 0 Å². The van der Waals surface area contributed by atoms with Crippen molar-refractivity contribution in [1.29, 1.82) is 0 Å². The van der Waals surface area contributed by atoms with Gasteiger partial charge in [-0.15, -0.1) is 0 Å². The molecule has 4 aromatic rings. The van der Waals surface area contributed by atoms with Crippen LogP contribution in [0.15, 0.2) is 103 Å². The molecule has 0 radical (unpaired) electrons. The standard InChI is InChI=1S/C38H40N2O5/c1-26-35(37(2,3)28-17-19-31(44-4)20-18-28)34(21-22-41)45-38(26)32-15-8-9-16-33(32)39(36(38)43)24-27-11-10-14-30(23-27)40(25-42)29-12-6-5-7-13-29/h5-20,23,25-26,34-35,41H,21-22,24H2,1-4H3/t26-,34+,35-,38+/m1/s1. The van der Waals surface area contributed by atoms with Crippen LogP contribution in [-0.2, 0) is 31.9 Å². The highest BCUT2D eigenvalue weighted by atomic mass is 16.5. The smallest absolute Gasteiger partial charge is 0.264 e. The number of rotatable bonds is 10. The monoisotopic (exact) mass is 604 g/mol. The molecule has 0 aromatic heterocycles. The zero-order valence-corrected chi connectivity index (χ0v) is 26.2. The Kier molecular flexibility index (Phi) is 8.25. The molecule has 1 fully saturated rings.